The fraction of sp³-hybridized carbons (Fsp3) is 0.256. The lowest BCUT2D eigenvalue weighted by Crippen LogP contribution is -2.47. The summed E-state index contributed by atoms with van der Waals surface area (Å²) in [5.41, 5.74) is 6.67. The third-order valence-electron chi connectivity index (χ3n) is 9.15. The molecule has 1 saturated heterocycles. The Kier molecular flexibility index (Phi) is 12.2. The van der Waals surface area contributed by atoms with Crippen molar-refractivity contribution in [1.29, 1.82) is 0 Å². The first-order valence-corrected chi connectivity index (χ1v) is 17.9. The van der Waals surface area contributed by atoms with Crippen LogP contribution in [0.15, 0.2) is 103 Å². The highest BCUT2D eigenvalue weighted by Crippen LogP contribution is 2.34. The van der Waals surface area contributed by atoms with Crippen LogP contribution in [0.4, 0.5) is 4.39 Å². The van der Waals surface area contributed by atoms with Crippen LogP contribution in [0.2, 0.25) is 5.02 Å². The second kappa shape index (κ2) is 17.4. The average molecular weight is 720 g/mol. The topological polar surface area (TPSA) is 64.1 Å². The highest BCUT2D eigenvalue weighted by atomic mass is 35.5. The van der Waals surface area contributed by atoms with Crippen molar-refractivity contribution < 1.29 is 23.4 Å². The molecule has 1 fully saturated rings. The molecule has 0 spiro atoms. The molecule has 0 bridgehead atoms. The number of hydrogen-bond acceptors (Lipinski definition) is 6. The van der Waals surface area contributed by atoms with Crippen LogP contribution in [-0.2, 0) is 24.4 Å². The molecule has 0 radical (unpaired) electrons. The number of carbonyl (C=O) groups is 1. The highest BCUT2D eigenvalue weighted by Gasteiger charge is 2.20. The summed E-state index contributed by atoms with van der Waals surface area (Å²) in [6.45, 7) is 10.4. The van der Waals surface area contributed by atoms with Gasteiger partial charge in [0.2, 0.25) is 11.8 Å². The third-order valence-corrected chi connectivity index (χ3v) is 9.43. The van der Waals surface area contributed by atoms with Crippen molar-refractivity contribution in [3.05, 3.63) is 153 Å². The number of aryl methyl sites for hydroxylation is 2. The molecule has 9 heteroatoms. The molecule has 1 aromatic heterocycles. The van der Waals surface area contributed by atoms with Gasteiger partial charge in [-0.05, 0) is 96.6 Å². The summed E-state index contributed by atoms with van der Waals surface area (Å²) in [7, 11) is 0. The summed E-state index contributed by atoms with van der Waals surface area (Å²) >= 11 is 6.62. The molecule has 7 nitrogen and oxygen atoms in total. The van der Waals surface area contributed by atoms with Gasteiger partial charge in [0.1, 0.15) is 23.9 Å². The maximum atomic E-state index is 13.8. The molecule has 0 atom stereocenters. The molecule has 4 aromatic carbocycles. The number of pyridine rings is 1. The van der Waals surface area contributed by atoms with Gasteiger partial charge in [0.15, 0.2) is 5.75 Å². The van der Waals surface area contributed by atoms with Crippen molar-refractivity contribution in [3.63, 3.8) is 0 Å². The minimum atomic E-state index is -0.261. The van der Waals surface area contributed by atoms with Gasteiger partial charge in [-0.1, -0.05) is 65.7 Å². The van der Waals surface area contributed by atoms with Crippen LogP contribution in [-0.4, -0.2) is 53.5 Å². The first-order chi connectivity index (χ1) is 25.2. The van der Waals surface area contributed by atoms with E-state index in [9.17, 15) is 9.18 Å². The zero-order valence-corrected chi connectivity index (χ0v) is 30.5. The smallest absolute Gasteiger partial charge is 0.246 e. The van der Waals surface area contributed by atoms with Gasteiger partial charge in [-0.3, -0.25) is 9.69 Å². The second-order valence-electron chi connectivity index (χ2n) is 13.1. The van der Waals surface area contributed by atoms with Crippen molar-refractivity contribution in [3.8, 4) is 23.1 Å². The molecule has 0 unspecified atom stereocenters. The predicted octanol–water partition coefficient (Wildman–Crippen LogP) is 9.15. The normalized spacial score (nSPS) is 13.4. The van der Waals surface area contributed by atoms with Gasteiger partial charge in [0.25, 0.3) is 0 Å². The van der Waals surface area contributed by atoms with E-state index in [0.717, 1.165) is 48.5 Å². The largest absolute Gasteiger partial charge is 0.493 e. The number of rotatable bonds is 13. The highest BCUT2D eigenvalue weighted by molar-refractivity contribution is 6.32. The van der Waals surface area contributed by atoms with E-state index in [1.165, 1.54) is 22.8 Å². The maximum absolute atomic E-state index is 13.8. The average Bonchev–Trinajstić information content (AvgIpc) is 3.15. The van der Waals surface area contributed by atoms with Crippen LogP contribution in [0.3, 0.4) is 0 Å². The van der Waals surface area contributed by atoms with E-state index in [-0.39, 0.29) is 18.3 Å². The van der Waals surface area contributed by atoms with Crippen molar-refractivity contribution in [2.75, 3.05) is 32.8 Å². The van der Waals surface area contributed by atoms with E-state index in [4.69, 9.17) is 25.8 Å². The number of nitrogens with zero attached hydrogens (tertiary/aromatic N) is 3. The Morgan fingerprint density at radius 1 is 0.865 bits per heavy atom. The summed E-state index contributed by atoms with van der Waals surface area (Å²) in [5.74, 6) is 1.99. The van der Waals surface area contributed by atoms with E-state index in [2.05, 4.69) is 53.2 Å². The monoisotopic (exact) mass is 719 g/mol. The van der Waals surface area contributed by atoms with Gasteiger partial charge in [-0.25, -0.2) is 9.37 Å². The molecule has 0 saturated carbocycles. The lowest BCUT2D eigenvalue weighted by atomic mass is 10.1. The van der Waals surface area contributed by atoms with Gasteiger partial charge >= 0.3 is 0 Å². The Balaban J connectivity index is 0.937. The lowest BCUT2D eigenvalue weighted by molar-refractivity contribution is -0.127. The molecule has 0 N–H and O–H groups in total. The predicted molar refractivity (Wildman–Crippen MR) is 204 cm³/mol. The summed E-state index contributed by atoms with van der Waals surface area (Å²) < 4.78 is 31.5. The number of piperazine rings is 1. The first kappa shape index (κ1) is 36.6. The molecular formula is C43H43ClFN3O4. The second-order valence-corrected chi connectivity index (χ2v) is 13.5. The Bertz CT molecular complexity index is 1970. The van der Waals surface area contributed by atoms with E-state index in [0.29, 0.717) is 47.7 Å². The zero-order chi connectivity index (χ0) is 36.5. The minimum Gasteiger partial charge on any atom is -0.493 e. The number of carbonyl (C=O) groups excluding carboxylic acids is 1. The lowest BCUT2D eigenvalue weighted by Gasteiger charge is -2.34. The van der Waals surface area contributed by atoms with Crippen LogP contribution in [0.1, 0.15) is 38.9 Å². The number of ether oxygens (including phenoxy) is 3. The van der Waals surface area contributed by atoms with E-state index in [1.807, 2.05) is 36.1 Å². The van der Waals surface area contributed by atoms with Crippen molar-refractivity contribution in [2.45, 2.75) is 40.3 Å². The van der Waals surface area contributed by atoms with Crippen LogP contribution >= 0.6 is 11.6 Å². The number of hydrogen-bond donors (Lipinski definition) is 0. The molecule has 1 amide bonds. The quantitative estimate of drug-likeness (QED) is 0.113. The molecule has 2 heterocycles. The summed E-state index contributed by atoms with van der Waals surface area (Å²) in [5, 5.41) is 0.410. The van der Waals surface area contributed by atoms with E-state index in [1.54, 1.807) is 49.5 Å². The molecule has 1 aliphatic heterocycles. The van der Waals surface area contributed by atoms with Crippen LogP contribution < -0.4 is 14.2 Å². The number of aromatic nitrogens is 1. The summed E-state index contributed by atoms with van der Waals surface area (Å²) in [4.78, 5) is 21.7. The first-order valence-electron chi connectivity index (χ1n) is 17.5. The number of amides is 1. The molecule has 5 aromatic rings. The third kappa shape index (κ3) is 9.99. The minimum absolute atomic E-state index is 0.0231. The molecular weight excluding hydrogens is 677 g/mol. The van der Waals surface area contributed by atoms with Gasteiger partial charge < -0.3 is 19.1 Å². The number of halogens is 2. The van der Waals surface area contributed by atoms with Crippen molar-refractivity contribution in [1.82, 2.24) is 14.8 Å². The fourth-order valence-corrected chi connectivity index (χ4v) is 6.27. The standard InChI is InChI=1S/C43H43ClFN3O4/c1-30-7-14-37(15-8-30)50-24-19-33-9-11-34(12-10-33)28-47-20-22-48(23-21-47)42(49)18-13-35-25-31(2)43(39(44)26-35)52-41-17-16-38(27-46-41)51-29-36-5-4-6-40(45)32(36)3/h4-18,25-27H,19-24,28-29H2,1-3H3. The molecule has 1 aliphatic rings. The summed E-state index contributed by atoms with van der Waals surface area (Å²) in [6, 6.07) is 28.9. The van der Waals surface area contributed by atoms with Crippen LogP contribution in [0.25, 0.3) is 6.08 Å². The Hall–Kier alpha value is -5.18. The maximum Gasteiger partial charge on any atom is 0.246 e. The van der Waals surface area contributed by atoms with Crippen LogP contribution in [0.5, 0.6) is 23.1 Å². The van der Waals surface area contributed by atoms with E-state index < -0.39 is 0 Å². The van der Waals surface area contributed by atoms with Gasteiger partial charge in [-0.2, -0.15) is 0 Å². The Morgan fingerprint density at radius 3 is 2.31 bits per heavy atom. The fourth-order valence-electron chi connectivity index (χ4n) is 5.96. The zero-order valence-electron chi connectivity index (χ0n) is 29.8. The van der Waals surface area contributed by atoms with Gasteiger partial charge in [0.05, 0.1) is 17.8 Å². The van der Waals surface area contributed by atoms with Gasteiger partial charge in [0, 0.05) is 51.3 Å². The SMILES string of the molecule is Cc1ccc(OCCc2ccc(CN3CCN(C(=O)C=Cc4cc(C)c(Oc5ccc(OCc6cccc(F)c6C)cn5)c(Cl)c4)CC3)cc2)cc1. The number of benzene rings is 4. The summed E-state index contributed by atoms with van der Waals surface area (Å²) in [6.07, 6.45) is 5.80. The van der Waals surface area contributed by atoms with Crippen molar-refractivity contribution in [2.24, 2.45) is 0 Å². The van der Waals surface area contributed by atoms with Gasteiger partial charge in [-0.15, -0.1) is 0 Å². The molecule has 6 rings (SSSR count). The molecule has 268 valence electrons. The van der Waals surface area contributed by atoms with E-state index >= 15 is 0 Å². The Morgan fingerprint density at radius 2 is 1.60 bits per heavy atom. The van der Waals surface area contributed by atoms with Crippen LogP contribution in [0, 0.1) is 26.6 Å². The molecule has 0 aliphatic carbocycles. The molecule has 52 heavy (non-hydrogen) atoms. The van der Waals surface area contributed by atoms with Crippen molar-refractivity contribution >= 4 is 23.6 Å². The Labute approximate surface area is 310 Å².